The zero-order valence-corrected chi connectivity index (χ0v) is 22.9. The molecule has 1 aliphatic carbocycles. The van der Waals surface area contributed by atoms with Gasteiger partial charge in [-0.05, 0) is 64.4 Å². The van der Waals surface area contributed by atoms with Crippen LogP contribution >= 0.6 is 27.3 Å². The zero-order valence-electron chi connectivity index (χ0n) is 20.5. The van der Waals surface area contributed by atoms with Crippen LogP contribution in [0.2, 0.25) is 0 Å². The number of aromatic nitrogens is 2. The average Bonchev–Trinajstić information content (AvgIpc) is 3.39. The van der Waals surface area contributed by atoms with Crippen molar-refractivity contribution >= 4 is 49.9 Å². The summed E-state index contributed by atoms with van der Waals surface area (Å²) in [6.07, 6.45) is -2.59. The SMILES string of the molecule is COc1ccc([C@H]2C[C@@H](C(F)(F)F)n3nc(C(=O)Nc4sc5c(c4C(N)=O)CC[C@@H](C)C5)c(Br)c3N2)cc1. The average molecular weight is 612 g/mol. The topological polar surface area (TPSA) is 111 Å². The number of halogens is 4. The number of primary amides is 1. The van der Waals surface area contributed by atoms with Gasteiger partial charge in [0.1, 0.15) is 16.6 Å². The number of nitrogens with zero attached hydrogens (tertiary/aromatic N) is 2. The van der Waals surface area contributed by atoms with Crippen LogP contribution in [-0.2, 0) is 12.8 Å². The van der Waals surface area contributed by atoms with E-state index in [2.05, 4.69) is 38.6 Å². The molecule has 0 spiro atoms. The maximum absolute atomic E-state index is 14.1. The van der Waals surface area contributed by atoms with E-state index >= 15 is 0 Å². The molecule has 0 unspecified atom stereocenters. The van der Waals surface area contributed by atoms with Gasteiger partial charge < -0.3 is 21.1 Å². The summed E-state index contributed by atoms with van der Waals surface area (Å²) in [7, 11) is 1.51. The zero-order chi connectivity index (χ0) is 27.4. The van der Waals surface area contributed by atoms with Gasteiger partial charge >= 0.3 is 6.18 Å². The lowest BCUT2D eigenvalue weighted by molar-refractivity contribution is -0.173. The lowest BCUT2D eigenvalue weighted by Gasteiger charge is -2.33. The number of methoxy groups -OCH3 is 1. The van der Waals surface area contributed by atoms with E-state index in [0.29, 0.717) is 23.7 Å². The fourth-order valence-electron chi connectivity index (χ4n) is 5.05. The predicted octanol–water partition coefficient (Wildman–Crippen LogP) is 5.85. The first kappa shape index (κ1) is 26.5. The van der Waals surface area contributed by atoms with Gasteiger partial charge in [-0.3, -0.25) is 9.59 Å². The second kappa shape index (κ2) is 9.92. The standard InChI is InChI=1S/C25H25BrF3N5O3S/c1-11-3-8-14-16(9-11)38-24(18(14)21(30)35)32-23(36)20-19(26)22-31-15(12-4-6-13(37-2)7-5-12)10-17(25(27,28)29)34(22)33-20/h4-7,11,15,17,31H,3,8-10H2,1-2H3,(H2,30,35)(H,32,36)/t11-,15-,17+/m1/s1. The van der Waals surface area contributed by atoms with Crippen LogP contribution in [0, 0.1) is 5.92 Å². The first-order valence-corrected chi connectivity index (χ1v) is 13.6. The maximum Gasteiger partial charge on any atom is 0.410 e. The van der Waals surface area contributed by atoms with E-state index in [1.165, 1.54) is 18.4 Å². The number of thiophene rings is 1. The Balaban J connectivity index is 1.48. The van der Waals surface area contributed by atoms with Crippen molar-refractivity contribution in [3.63, 3.8) is 0 Å². The Bertz CT molecular complexity index is 1400. The predicted molar refractivity (Wildman–Crippen MR) is 141 cm³/mol. The Morgan fingerprint density at radius 2 is 2.00 bits per heavy atom. The van der Waals surface area contributed by atoms with Crippen LogP contribution in [0.3, 0.4) is 0 Å². The van der Waals surface area contributed by atoms with E-state index in [9.17, 15) is 22.8 Å². The number of hydrogen-bond donors (Lipinski definition) is 3. The molecule has 202 valence electrons. The summed E-state index contributed by atoms with van der Waals surface area (Å²) in [5, 5.41) is 10.1. The number of hydrogen-bond acceptors (Lipinski definition) is 6. The molecule has 3 heterocycles. The van der Waals surface area contributed by atoms with E-state index in [0.717, 1.165) is 28.0 Å². The van der Waals surface area contributed by atoms with Gasteiger partial charge in [-0.25, -0.2) is 4.68 Å². The largest absolute Gasteiger partial charge is 0.497 e. The fourth-order valence-corrected chi connectivity index (χ4v) is 7.02. The third-order valence-electron chi connectivity index (χ3n) is 7.01. The molecule has 2 aliphatic rings. The van der Waals surface area contributed by atoms with Crippen molar-refractivity contribution in [1.82, 2.24) is 9.78 Å². The molecule has 2 aromatic heterocycles. The normalized spacial score (nSPS) is 20.7. The number of amides is 2. The van der Waals surface area contributed by atoms with Crippen LogP contribution in [0.1, 0.15) is 68.7 Å². The van der Waals surface area contributed by atoms with Crippen molar-refractivity contribution in [1.29, 1.82) is 0 Å². The minimum atomic E-state index is -4.61. The van der Waals surface area contributed by atoms with Crippen molar-refractivity contribution < 1.29 is 27.5 Å². The molecule has 8 nitrogen and oxygen atoms in total. The molecule has 38 heavy (non-hydrogen) atoms. The summed E-state index contributed by atoms with van der Waals surface area (Å²) in [5.41, 5.74) is 7.14. The van der Waals surface area contributed by atoms with Crippen LogP contribution in [0.15, 0.2) is 28.7 Å². The van der Waals surface area contributed by atoms with Crippen LogP contribution in [-0.4, -0.2) is 34.9 Å². The molecule has 0 saturated carbocycles. The van der Waals surface area contributed by atoms with Gasteiger partial charge in [0.05, 0.1) is 23.2 Å². The molecule has 3 aromatic rings. The third kappa shape index (κ3) is 4.77. The lowest BCUT2D eigenvalue weighted by Crippen LogP contribution is -2.35. The summed E-state index contributed by atoms with van der Waals surface area (Å²) in [6, 6.07) is 4.11. The van der Waals surface area contributed by atoms with Crippen LogP contribution in [0.4, 0.5) is 24.0 Å². The summed E-state index contributed by atoms with van der Waals surface area (Å²) in [5.74, 6) is -0.335. The van der Waals surface area contributed by atoms with Crippen LogP contribution in [0.25, 0.3) is 0 Å². The quantitative estimate of drug-likeness (QED) is 0.335. The lowest BCUT2D eigenvalue weighted by atomic mass is 9.88. The van der Waals surface area contributed by atoms with Gasteiger partial charge in [0.15, 0.2) is 11.7 Å². The van der Waals surface area contributed by atoms with Crippen molar-refractivity contribution in [2.24, 2.45) is 11.7 Å². The number of anilines is 2. The smallest absolute Gasteiger partial charge is 0.410 e. The Hall–Kier alpha value is -3.06. The highest BCUT2D eigenvalue weighted by Crippen LogP contribution is 2.47. The number of fused-ring (bicyclic) bond motifs is 2. The number of rotatable bonds is 5. The summed E-state index contributed by atoms with van der Waals surface area (Å²) >= 11 is 4.57. The molecule has 4 N–H and O–H groups in total. The van der Waals surface area contributed by atoms with E-state index in [-0.39, 0.29) is 33.0 Å². The van der Waals surface area contributed by atoms with Gasteiger partial charge in [0.25, 0.3) is 11.8 Å². The Labute approximate surface area is 228 Å². The van der Waals surface area contributed by atoms with Gasteiger partial charge in [-0.2, -0.15) is 18.3 Å². The molecule has 1 aliphatic heterocycles. The number of nitrogens with two attached hydrogens (primary N) is 1. The number of ether oxygens (including phenoxy) is 1. The van der Waals surface area contributed by atoms with Crippen LogP contribution < -0.4 is 21.1 Å². The van der Waals surface area contributed by atoms with Crippen molar-refractivity contribution in [3.8, 4) is 5.75 Å². The number of carbonyl (C=O) groups is 2. The minimum absolute atomic E-state index is 0.0407. The highest BCUT2D eigenvalue weighted by Gasteiger charge is 2.48. The minimum Gasteiger partial charge on any atom is -0.497 e. The molecule has 0 fully saturated rings. The molecule has 0 bridgehead atoms. The number of nitrogens with one attached hydrogen (secondary N) is 2. The molecular formula is C25H25BrF3N5O3S. The fraction of sp³-hybridized carbons (Fsp3) is 0.400. The maximum atomic E-state index is 14.1. The molecule has 1 aromatic carbocycles. The second-order valence-electron chi connectivity index (χ2n) is 9.59. The molecule has 13 heteroatoms. The summed E-state index contributed by atoms with van der Waals surface area (Å²) in [4.78, 5) is 26.5. The van der Waals surface area contributed by atoms with Gasteiger partial charge in [0.2, 0.25) is 0 Å². The van der Waals surface area contributed by atoms with Crippen LogP contribution in [0.5, 0.6) is 5.75 Å². The Kier molecular flexibility index (Phi) is 6.93. The molecular weight excluding hydrogens is 587 g/mol. The highest BCUT2D eigenvalue weighted by molar-refractivity contribution is 9.10. The molecule has 2 amide bonds. The monoisotopic (exact) mass is 611 g/mol. The van der Waals surface area contributed by atoms with Crippen molar-refractivity contribution in [2.45, 2.75) is 50.9 Å². The second-order valence-corrected chi connectivity index (χ2v) is 11.5. The first-order chi connectivity index (χ1) is 18.0. The van der Waals surface area contributed by atoms with Gasteiger partial charge in [0, 0.05) is 11.3 Å². The summed E-state index contributed by atoms with van der Waals surface area (Å²) < 4.78 is 48.5. The molecule has 0 radical (unpaired) electrons. The number of benzene rings is 1. The highest BCUT2D eigenvalue weighted by atomic mass is 79.9. The molecule has 0 saturated heterocycles. The first-order valence-electron chi connectivity index (χ1n) is 12.0. The summed E-state index contributed by atoms with van der Waals surface area (Å²) in [6.45, 7) is 2.11. The third-order valence-corrected chi connectivity index (χ3v) is 8.93. The van der Waals surface area contributed by atoms with E-state index < -0.39 is 30.1 Å². The molecule has 5 rings (SSSR count). The van der Waals surface area contributed by atoms with Crippen molar-refractivity contribution in [2.75, 3.05) is 17.7 Å². The van der Waals surface area contributed by atoms with E-state index in [4.69, 9.17) is 10.5 Å². The Morgan fingerprint density at radius 3 is 2.63 bits per heavy atom. The number of carbonyl (C=O) groups excluding carboxylic acids is 2. The molecule has 3 atom stereocenters. The van der Waals surface area contributed by atoms with Gasteiger partial charge in [-0.15, -0.1) is 11.3 Å². The Morgan fingerprint density at radius 1 is 1.29 bits per heavy atom. The van der Waals surface area contributed by atoms with Gasteiger partial charge in [-0.1, -0.05) is 19.1 Å². The van der Waals surface area contributed by atoms with E-state index in [1.807, 2.05) is 0 Å². The van der Waals surface area contributed by atoms with E-state index in [1.54, 1.807) is 24.3 Å². The van der Waals surface area contributed by atoms with Crippen molar-refractivity contribution in [3.05, 3.63) is 56.0 Å². The number of alkyl halides is 3.